The van der Waals surface area contributed by atoms with Crippen LogP contribution in [0.3, 0.4) is 0 Å². The summed E-state index contributed by atoms with van der Waals surface area (Å²) in [6.07, 6.45) is 0.540. The Kier molecular flexibility index (Phi) is 6.66. The fourth-order valence-electron chi connectivity index (χ4n) is 3.08. The van der Waals surface area contributed by atoms with Crippen molar-refractivity contribution in [2.45, 2.75) is 24.2 Å². The molecule has 4 aromatic rings. The van der Waals surface area contributed by atoms with Crippen LogP contribution in [0.5, 0.6) is 0 Å². The summed E-state index contributed by atoms with van der Waals surface area (Å²) >= 11 is 0. The van der Waals surface area contributed by atoms with Crippen molar-refractivity contribution in [2.24, 2.45) is 0 Å². The second kappa shape index (κ2) is 9.65. The number of hydrogen-bond donors (Lipinski definition) is 1. The summed E-state index contributed by atoms with van der Waals surface area (Å²) in [5.74, 6) is -1.73. The molecule has 0 bridgehead atoms. The summed E-state index contributed by atoms with van der Waals surface area (Å²) < 4.78 is 68.6. The molecule has 7 nitrogen and oxygen atoms in total. The Hall–Kier alpha value is -3.70. The van der Waals surface area contributed by atoms with Crippen molar-refractivity contribution >= 4 is 22.2 Å². The first-order valence-electron chi connectivity index (χ1n) is 10.1. The van der Waals surface area contributed by atoms with Gasteiger partial charge in [-0.15, -0.1) is 0 Å². The van der Waals surface area contributed by atoms with E-state index in [1.54, 1.807) is 12.1 Å². The Morgan fingerprint density at radius 1 is 0.941 bits per heavy atom. The van der Waals surface area contributed by atoms with E-state index >= 15 is 0 Å². The van der Waals surface area contributed by atoms with Gasteiger partial charge in [0, 0.05) is 25.5 Å². The van der Waals surface area contributed by atoms with E-state index < -0.39 is 22.1 Å². The minimum Gasteiger partial charge on any atom is -0.329 e. The van der Waals surface area contributed by atoms with Crippen LogP contribution in [0.4, 0.5) is 13.2 Å². The molecule has 0 unspecified atom stereocenters. The second-order valence-electron chi connectivity index (χ2n) is 7.30. The molecule has 2 aromatic heterocycles. The smallest absolute Gasteiger partial charge is 0.329 e. The van der Waals surface area contributed by atoms with Gasteiger partial charge in [-0.3, -0.25) is 0 Å². The molecule has 34 heavy (non-hydrogen) atoms. The van der Waals surface area contributed by atoms with E-state index in [1.807, 2.05) is 30.3 Å². The Morgan fingerprint density at radius 3 is 2.26 bits per heavy atom. The van der Waals surface area contributed by atoms with Crippen LogP contribution in [0.2, 0.25) is 0 Å². The maximum absolute atomic E-state index is 12.9. The number of hydrogen-bond acceptors (Lipinski definition) is 6. The fraction of sp³-hybridized carbons (Fsp3) is 0.130. The molecule has 4 rings (SSSR count). The van der Waals surface area contributed by atoms with Gasteiger partial charge in [-0.1, -0.05) is 47.6 Å². The first-order chi connectivity index (χ1) is 16.2. The number of aromatic nitrogens is 3. The summed E-state index contributed by atoms with van der Waals surface area (Å²) in [6, 6.07) is 18.0. The topological polar surface area (TPSA) is 90.0 Å². The van der Waals surface area contributed by atoms with Gasteiger partial charge in [-0.2, -0.15) is 18.2 Å². The van der Waals surface area contributed by atoms with Crippen LogP contribution >= 0.6 is 0 Å². The highest BCUT2D eigenvalue weighted by atomic mass is 32.2. The molecular weight excluding hydrogens is 469 g/mol. The van der Waals surface area contributed by atoms with Gasteiger partial charge in [0.05, 0.1) is 4.90 Å². The van der Waals surface area contributed by atoms with Crippen LogP contribution in [-0.2, 0) is 29.3 Å². The molecule has 0 atom stereocenters. The number of halogens is 3. The van der Waals surface area contributed by atoms with E-state index in [1.165, 1.54) is 42.7 Å². The van der Waals surface area contributed by atoms with Gasteiger partial charge in [0.15, 0.2) is 5.82 Å². The molecule has 0 spiro atoms. The lowest BCUT2D eigenvalue weighted by molar-refractivity contribution is -0.159. The van der Waals surface area contributed by atoms with Gasteiger partial charge < -0.3 is 9.84 Å². The molecule has 0 fully saturated rings. The molecule has 1 N–H and O–H groups in total. The normalized spacial score (nSPS) is 12.4. The molecule has 2 aromatic carbocycles. The standard InChI is InChI=1S/C23H19F3N4O3S/c24-23(25,26)22-28-21(29-33-22)11-8-19-12-13-30(16-19)34(31,32)20-9-6-18(7-10-20)15-27-14-17-4-2-1-3-5-17/h1-13,16,27H,14-15H2/b11-8+. The second-order valence-corrected chi connectivity index (χ2v) is 9.14. The zero-order chi connectivity index (χ0) is 24.2. The van der Waals surface area contributed by atoms with Crippen molar-refractivity contribution in [3.05, 3.63) is 101 Å². The summed E-state index contributed by atoms with van der Waals surface area (Å²) in [6.45, 7) is 1.28. The van der Waals surface area contributed by atoms with Gasteiger partial charge in [-0.05, 0) is 47.0 Å². The van der Waals surface area contributed by atoms with Crippen molar-refractivity contribution in [3.63, 3.8) is 0 Å². The highest BCUT2D eigenvalue weighted by molar-refractivity contribution is 7.90. The molecule has 0 aliphatic heterocycles. The van der Waals surface area contributed by atoms with Gasteiger partial charge in [0.2, 0.25) is 0 Å². The predicted octanol–water partition coefficient (Wildman–Crippen LogP) is 4.59. The lowest BCUT2D eigenvalue weighted by Crippen LogP contribution is -2.13. The molecule has 2 heterocycles. The third kappa shape index (κ3) is 5.61. The largest absolute Gasteiger partial charge is 0.471 e. The van der Waals surface area contributed by atoms with Crippen LogP contribution in [0, 0.1) is 0 Å². The van der Waals surface area contributed by atoms with Crippen molar-refractivity contribution < 1.29 is 26.1 Å². The SMILES string of the molecule is O=S(=O)(c1ccc(CNCc2ccccc2)cc1)n1ccc(/C=C/c2noc(C(F)(F)F)n2)c1. The first-order valence-corrected chi connectivity index (χ1v) is 11.5. The molecule has 0 aliphatic rings. The van der Waals surface area contributed by atoms with Crippen LogP contribution in [-0.4, -0.2) is 22.5 Å². The number of alkyl halides is 3. The van der Waals surface area contributed by atoms with Crippen molar-refractivity contribution in [2.75, 3.05) is 0 Å². The Balaban J connectivity index is 1.39. The summed E-state index contributed by atoms with van der Waals surface area (Å²) in [5.41, 5.74) is 2.52. The number of nitrogens with one attached hydrogen (secondary N) is 1. The molecule has 0 saturated carbocycles. The van der Waals surface area contributed by atoms with E-state index in [0.717, 1.165) is 15.1 Å². The summed E-state index contributed by atoms with van der Waals surface area (Å²) in [7, 11) is -3.83. The molecule has 0 aliphatic carbocycles. The van der Waals surface area contributed by atoms with Gasteiger partial charge in [-0.25, -0.2) is 12.4 Å². The van der Waals surface area contributed by atoms with Crippen molar-refractivity contribution in [1.29, 1.82) is 0 Å². The average Bonchev–Trinajstić information content (AvgIpc) is 3.49. The number of nitrogens with zero attached hydrogens (tertiary/aromatic N) is 3. The van der Waals surface area contributed by atoms with Gasteiger partial charge in [0.1, 0.15) is 0 Å². The Morgan fingerprint density at radius 2 is 1.62 bits per heavy atom. The lowest BCUT2D eigenvalue weighted by Gasteiger charge is -2.08. The lowest BCUT2D eigenvalue weighted by atomic mass is 10.2. The van der Waals surface area contributed by atoms with E-state index in [4.69, 9.17) is 0 Å². The van der Waals surface area contributed by atoms with Gasteiger partial charge in [0.25, 0.3) is 10.0 Å². The summed E-state index contributed by atoms with van der Waals surface area (Å²) in [5, 5.41) is 6.53. The Labute approximate surface area is 193 Å². The monoisotopic (exact) mass is 488 g/mol. The summed E-state index contributed by atoms with van der Waals surface area (Å²) in [4.78, 5) is 3.34. The third-order valence-electron chi connectivity index (χ3n) is 4.80. The number of benzene rings is 2. The van der Waals surface area contributed by atoms with Crippen LogP contribution in [0.25, 0.3) is 12.2 Å². The van der Waals surface area contributed by atoms with Gasteiger partial charge >= 0.3 is 12.1 Å². The van der Waals surface area contributed by atoms with Crippen LogP contribution < -0.4 is 5.32 Å². The molecule has 11 heteroatoms. The molecule has 0 radical (unpaired) electrons. The van der Waals surface area contributed by atoms with Crippen LogP contribution in [0.1, 0.15) is 28.4 Å². The van der Waals surface area contributed by atoms with E-state index in [0.29, 0.717) is 18.7 Å². The minimum atomic E-state index is -4.73. The maximum Gasteiger partial charge on any atom is 0.471 e. The van der Waals surface area contributed by atoms with E-state index in [9.17, 15) is 21.6 Å². The Bertz CT molecular complexity index is 1380. The highest BCUT2D eigenvalue weighted by Gasteiger charge is 2.38. The minimum absolute atomic E-state index is 0.110. The zero-order valence-electron chi connectivity index (χ0n) is 17.6. The van der Waals surface area contributed by atoms with Crippen molar-refractivity contribution in [3.8, 4) is 0 Å². The molecular formula is C23H19F3N4O3S. The molecule has 0 saturated heterocycles. The third-order valence-corrected chi connectivity index (χ3v) is 6.45. The molecule has 176 valence electrons. The van der Waals surface area contributed by atoms with Crippen molar-refractivity contribution in [1.82, 2.24) is 19.4 Å². The quantitative estimate of drug-likeness (QED) is 0.390. The highest BCUT2D eigenvalue weighted by Crippen LogP contribution is 2.27. The van der Waals surface area contributed by atoms with E-state index in [-0.39, 0.29) is 10.7 Å². The van der Waals surface area contributed by atoms with E-state index in [2.05, 4.69) is 20.0 Å². The van der Waals surface area contributed by atoms with Crippen LogP contribution in [0.15, 0.2) is 82.5 Å². The average molecular weight is 488 g/mol. The predicted molar refractivity (Wildman–Crippen MR) is 119 cm³/mol. The first kappa shape index (κ1) is 23.5. The number of rotatable bonds is 8. The maximum atomic E-state index is 12.9. The molecule has 0 amide bonds. The fourth-order valence-corrected chi connectivity index (χ4v) is 4.28. The zero-order valence-corrected chi connectivity index (χ0v) is 18.4.